The molecule has 148 valence electrons. The Hall–Kier alpha value is -2.16. The van der Waals surface area contributed by atoms with Gasteiger partial charge in [-0.3, -0.25) is 14.9 Å². The first-order valence-electron chi connectivity index (χ1n) is 9.16. The molecule has 9 heteroatoms. The monoisotopic (exact) mass is 396 g/mol. The zero-order valence-electron chi connectivity index (χ0n) is 15.3. The Labute approximate surface area is 158 Å². The molecular formula is C18H24N2O6S. The first kappa shape index (κ1) is 19.6. The summed E-state index contributed by atoms with van der Waals surface area (Å²) in [6.45, 7) is 1.40. The summed E-state index contributed by atoms with van der Waals surface area (Å²) < 4.78 is 29.2. The molecule has 1 unspecified atom stereocenters. The summed E-state index contributed by atoms with van der Waals surface area (Å²) >= 11 is 0. The predicted molar refractivity (Wildman–Crippen MR) is 99.5 cm³/mol. The molecular weight excluding hydrogens is 372 g/mol. The highest BCUT2D eigenvalue weighted by atomic mass is 32.2. The van der Waals surface area contributed by atoms with E-state index < -0.39 is 14.8 Å². The van der Waals surface area contributed by atoms with Crippen LogP contribution in [0.25, 0.3) is 0 Å². The van der Waals surface area contributed by atoms with Crippen LogP contribution in [0.5, 0.6) is 5.75 Å². The molecule has 1 aliphatic heterocycles. The lowest BCUT2D eigenvalue weighted by Gasteiger charge is -2.34. The minimum Gasteiger partial charge on any atom is -0.477 e. The number of carbonyl (C=O) groups is 1. The van der Waals surface area contributed by atoms with E-state index in [4.69, 9.17) is 4.74 Å². The molecule has 1 amide bonds. The molecule has 0 spiro atoms. The number of rotatable bonds is 6. The third-order valence-corrected chi connectivity index (χ3v) is 7.02. The van der Waals surface area contributed by atoms with Gasteiger partial charge in [-0.1, -0.05) is 18.9 Å². The molecule has 0 radical (unpaired) electrons. The number of hydrogen-bond donors (Lipinski definition) is 0. The fraction of sp³-hybridized carbons (Fsp3) is 0.611. The largest absolute Gasteiger partial charge is 0.477 e. The Bertz CT molecular complexity index is 832. The van der Waals surface area contributed by atoms with Crippen LogP contribution in [-0.4, -0.2) is 54.3 Å². The van der Waals surface area contributed by atoms with E-state index in [1.54, 1.807) is 17.9 Å². The summed E-state index contributed by atoms with van der Waals surface area (Å²) in [5.74, 6) is -0.179. The van der Waals surface area contributed by atoms with Gasteiger partial charge < -0.3 is 9.64 Å². The van der Waals surface area contributed by atoms with Gasteiger partial charge >= 0.3 is 5.69 Å². The molecule has 3 rings (SSSR count). The number of aryl methyl sites for hydroxylation is 1. The average molecular weight is 396 g/mol. The lowest BCUT2D eigenvalue weighted by molar-refractivity contribution is -0.385. The molecule has 2 aliphatic rings. The normalized spacial score (nSPS) is 21.9. The first-order valence-corrected chi connectivity index (χ1v) is 11.0. The molecule has 1 aromatic rings. The van der Waals surface area contributed by atoms with Crippen molar-refractivity contribution < 1.29 is 22.9 Å². The number of carbonyl (C=O) groups excluding carboxylic acids is 1. The third-order valence-electron chi connectivity index (χ3n) is 5.27. The van der Waals surface area contributed by atoms with Gasteiger partial charge in [0.25, 0.3) is 5.91 Å². The van der Waals surface area contributed by atoms with Crippen LogP contribution < -0.4 is 4.74 Å². The van der Waals surface area contributed by atoms with Crippen molar-refractivity contribution in [1.82, 2.24) is 4.90 Å². The van der Waals surface area contributed by atoms with Crippen LogP contribution in [0.15, 0.2) is 18.2 Å². The molecule has 1 aromatic carbocycles. The molecule has 0 bridgehead atoms. The summed E-state index contributed by atoms with van der Waals surface area (Å²) in [6.07, 6.45) is 4.17. The summed E-state index contributed by atoms with van der Waals surface area (Å²) in [5.41, 5.74) is 0.544. The van der Waals surface area contributed by atoms with Gasteiger partial charge in [0.2, 0.25) is 0 Å². The van der Waals surface area contributed by atoms with Gasteiger partial charge in [-0.05, 0) is 37.8 Å². The van der Waals surface area contributed by atoms with Gasteiger partial charge in [0.05, 0.1) is 16.4 Å². The summed E-state index contributed by atoms with van der Waals surface area (Å²) in [6, 6.07) is 4.26. The van der Waals surface area contributed by atoms with E-state index in [-0.39, 0.29) is 47.5 Å². The number of nitrogens with zero attached hydrogens (tertiary/aromatic N) is 2. The highest BCUT2D eigenvalue weighted by Gasteiger charge is 2.39. The molecule has 8 nitrogen and oxygen atoms in total. The summed E-state index contributed by atoms with van der Waals surface area (Å²) in [5, 5.41) is 11.2. The number of amides is 1. The Balaban J connectivity index is 1.74. The van der Waals surface area contributed by atoms with Crippen LogP contribution >= 0.6 is 0 Å². The van der Waals surface area contributed by atoms with Crippen LogP contribution in [0.1, 0.15) is 37.7 Å². The fourth-order valence-electron chi connectivity index (χ4n) is 3.99. The van der Waals surface area contributed by atoms with Crippen LogP contribution in [0.4, 0.5) is 5.69 Å². The van der Waals surface area contributed by atoms with E-state index >= 15 is 0 Å². The smallest absolute Gasteiger partial charge is 0.311 e. The van der Waals surface area contributed by atoms with Gasteiger partial charge in [-0.2, -0.15) is 0 Å². The SMILES string of the molecule is Cc1ccc(OCC(=O)N(C2CCCC2)C2CCS(=O)(=O)C2)c([N+](=O)[O-])c1. The fourth-order valence-corrected chi connectivity index (χ4v) is 5.70. The number of benzene rings is 1. The average Bonchev–Trinajstić information content (AvgIpc) is 3.24. The molecule has 0 N–H and O–H groups in total. The molecule has 0 aromatic heterocycles. The molecule has 1 aliphatic carbocycles. The van der Waals surface area contributed by atoms with E-state index in [1.807, 2.05) is 0 Å². The second-order valence-electron chi connectivity index (χ2n) is 7.31. The predicted octanol–water partition coefficient (Wildman–Crippen LogP) is 2.24. The molecule has 27 heavy (non-hydrogen) atoms. The van der Waals surface area contributed by atoms with Crippen molar-refractivity contribution in [3.05, 3.63) is 33.9 Å². The summed E-state index contributed by atoms with van der Waals surface area (Å²) in [4.78, 5) is 25.2. The Morgan fingerprint density at radius 3 is 2.56 bits per heavy atom. The minimum atomic E-state index is -3.12. The molecule has 2 fully saturated rings. The second kappa shape index (κ2) is 7.84. The standard InChI is InChI=1S/C18H24N2O6S/c1-13-6-7-17(16(10-13)20(22)23)26-11-18(21)19(14-4-2-3-5-14)15-8-9-27(24,25)12-15/h6-7,10,14-15H,2-5,8-9,11-12H2,1H3. The first-order chi connectivity index (χ1) is 12.8. The van der Waals surface area contributed by atoms with Gasteiger partial charge in [-0.25, -0.2) is 8.42 Å². The number of sulfone groups is 1. The van der Waals surface area contributed by atoms with E-state index in [1.165, 1.54) is 12.1 Å². The maximum Gasteiger partial charge on any atom is 0.311 e. The van der Waals surface area contributed by atoms with Crippen molar-refractivity contribution in [2.45, 2.75) is 51.1 Å². The second-order valence-corrected chi connectivity index (χ2v) is 9.54. The number of ether oxygens (including phenoxy) is 1. The van der Waals surface area contributed by atoms with Crippen molar-refractivity contribution in [3.63, 3.8) is 0 Å². The van der Waals surface area contributed by atoms with E-state index in [9.17, 15) is 23.3 Å². The highest BCUT2D eigenvalue weighted by Crippen LogP contribution is 2.31. The molecule has 1 saturated heterocycles. The van der Waals surface area contributed by atoms with Gasteiger partial charge in [0.1, 0.15) is 0 Å². The Kier molecular flexibility index (Phi) is 5.69. The van der Waals surface area contributed by atoms with Crippen molar-refractivity contribution in [1.29, 1.82) is 0 Å². The maximum absolute atomic E-state index is 12.9. The topological polar surface area (TPSA) is 107 Å². The number of nitro benzene ring substituents is 1. The van der Waals surface area contributed by atoms with E-state index in [0.29, 0.717) is 6.42 Å². The van der Waals surface area contributed by atoms with Gasteiger partial charge in [0.15, 0.2) is 22.2 Å². The zero-order valence-corrected chi connectivity index (χ0v) is 16.1. The zero-order chi connectivity index (χ0) is 19.6. The van der Waals surface area contributed by atoms with Crippen LogP contribution in [-0.2, 0) is 14.6 Å². The van der Waals surface area contributed by atoms with Crippen molar-refractivity contribution in [3.8, 4) is 5.75 Å². The highest BCUT2D eigenvalue weighted by molar-refractivity contribution is 7.91. The van der Waals surface area contributed by atoms with Crippen LogP contribution in [0.2, 0.25) is 0 Å². The van der Waals surface area contributed by atoms with Crippen molar-refractivity contribution >= 4 is 21.4 Å². The van der Waals surface area contributed by atoms with E-state index in [0.717, 1.165) is 31.2 Å². The van der Waals surface area contributed by atoms with Crippen molar-refractivity contribution in [2.75, 3.05) is 18.1 Å². The quantitative estimate of drug-likeness (QED) is 0.539. The molecule has 1 heterocycles. The lowest BCUT2D eigenvalue weighted by Crippen LogP contribution is -2.48. The minimum absolute atomic E-state index is 0.0140. The number of nitro groups is 1. The van der Waals surface area contributed by atoms with Crippen LogP contribution in [0.3, 0.4) is 0 Å². The Morgan fingerprint density at radius 2 is 1.96 bits per heavy atom. The lowest BCUT2D eigenvalue weighted by atomic mass is 10.1. The van der Waals surface area contributed by atoms with Crippen LogP contribution in [0, 0.1) is 17.0 Å². The van der Waals surface area contributed by atoms with Crippen molar-refractivity contribution in [2.24, 2.45) is 0 Å². The third kappa shape index (κ3) is 4.58. The number of hydrogen-bond acceptors (Lipinski definition) is 6. The van der Waals surface area contributed by atoms with Gasteiger partial charge in [0, 0.05) is 18.2 Å². The van der Waals surface area contributed by atoms with Gasteiger partial charge in [-0.15, -0.1) is 0 Å². The molecule has 1 atom stereocenters. The summed E-state index contributed by atoms with van der Waals surface area (Å²) in [7, 11) is -3.12. The maximum atomic E-state index is 12.9. The molecule has 1 saturated carbocycles. The van der Waals surface area contributed by atoms with E-state index in [2.05, 4.69) is 0 Å². The Morgan fingerprint density at radius 1 is 1.26 bits per heavy atom.